The first kappa shape index (κ1) is 22.1. The molecule has 1 heterocycles. The normalized spacial score (nSPS) is 17.6. The number of nitrogens with zero attached hydrogens (tertiary/aromatic N) is 2. The fourth-order valence-corrected chi connectivity index (χ4v) is 4.32. The summed E-state index contributed by atoms with van der Waals surface area (Å²) in [5.41, 5.74) is 4.71. The summed E-state index contributed by atoms with van der Waals surface area (Å²) in [7, 11) is 1.60. The van der Waals surface area contributed by atoms with Crippen LogP contribution in [0, 0.1) is 20.8 Å². The predicted molar refractivity (Wildman–Crippen MR) is 122 cm³/mol. The molecule has 7 heteroatoms. The first-order chi connectivity index (χ1) is 14.4. The first-order valence-corrected chi connectivity index (χ1v) is 10.8. The van der Waals surface area contributed by atoms with Crippen molar-refractivity contribution in [2.24, 2.45) is 4.99 Å². The fourth-order valence-electron chi connectivity index (χ4n) is 3.14. The van der Waals surface area contributed by atoms with Gasteiger partial charge >= 0.3 is 0 Å². The highest BCUT2D eigenvalue weighted by Crippen LogP contribution is 2.33. The summed E-state index contributed by atoms with van der Waals surface area (Å²) < 4.78 is 5.16. The average Bonchev–Trinajstić information content (AvgIpc) is 2.99. The molecule has 158 valence electrons. The smallest absolute Gasteiger partial charge is 0.242 e. The maximum atomic E-state index is 13.0. The quantitative estimate of drug-likeness (QED) is 0.721. The number of carbonyl (C=O) groups is 2. The van der Waals surface area contributed by atoms with Crippen molar-refractivity contribution in [2.75, 3.05) is 25.6 Å². The number of hydrogen-bond acceptors (Lipinski definition) is 5. The molecule has 2 amide bonds. The zero-order chi connectivity index (χ0) is 21.7. The zero-order valence-electron chi connectivity index (χ0n) is 17.8. The van der Waals surface area contributed by atoms with E-state index < -0.39 is 5.25 Å². The van der Waals surface area contributed by atoms with Crippen LogP contribution in [0.3, 0.4) is 0 Å². The third-order valence-electron chi connectivity index (χ3n) is 4.91. The summed E-state index contributed by atoms with van der Waals surface area (Å²) in [6.45, 7) is 6.75. The van der Waals surface area contributed by atoms with Gasteiger partial charge in [0.25, 0.3) is 0 Å². The Morgan fingerprint density at radius 3 is 2.67 bits per heavy atom. The Morgan fingerprint density at radius 2 is 1.93 bits per heavy atom. The van der Waals surface area contributed by atoms with Gasteiger partial charge in [0.15, 0.2) is 5.17 Å². The highest BCUT2D eigenvalue weighted by Gasteiger charge is 2.39. The number of amidine groups is 1. The molecule has 1 fully saturated rings. The van der Waals surface area contributed by atoms with E-state index in [-0.39, 0.29) is 18.2 Å². The van der Waals surface area contributed by atoms with Crippen LogP contribution >= 0.6 is 11.8 Å². The molecule has 1 atom stereocenters. The molecular weight excluding hydrogens is 398 g/mol. The Kier molecular flexibility index (Phi) is 7.29. The molecule has 1 N–H and O–H groups in total. The molecule has 0 unspecified atom stereocenters. The van der Waals surface area contributed by atoms with Crippen LogP contribution in [0.25, 0.3) is 0 Å². The van der Waals surface area contributed by atoms with E-state index in [2.05, 4.69) is 5.32 Å². The summed E-state index contributed by atoms with van der Waals surface area (Å²) in [6.07, 6.45) is 0.0904. The van der Waals surface area contributed by atoms with Gasteiger partial charge in [-0.1, -0.05) is 42.1 Å². The highest BCUT2D eigenvalue weighted by atomic mass is 32.2. The fraction of sp³-hybridized carbons (Fsp3) is 0.348. The second-order valence-electron chi connectivity index (χ2n) is 7.34. The van der Waals surface area contributed by atoms with Gasteiger partial charge in [0.2, 0.25) is 11.8 Å². The Bertz CT molecular complexity index is 974. The van der Waals surface area contributed by atoms with Crippen LogP contribution in [-0.2, 0) is 14.3 Å². The number of aryl methyl sites for hydroxylation is 3. The van der Waals surface area contributed by atoms with E-state index in [1.165, 1.54) is 11.8 Å². The predicted octanol–water partition coefficient (Wildman–Crippen LogP) is 4.22. The van der Waals surface area contributed by atoms with Crippen LogP contribution in [0.5, 0.6) is 0 Å². The third-order valence-corrected chi connectivity index (χ3v) is 6.09. The Hall–Kier alpha value is -2.64. The number of thioether (sulfide) groups is 1. The van der Waals surface area contributed by atoms with Crippen molar-refractivity contribution in [2.45, 2.75) is 32.4 Å². The lowest BCUT2D eigenvalue weighted by Gasteiger charge is -2.16. The van der Waals surface area contributed by atoms with Crippen molar-refractivity contribution >= 4 is 40.1 Å². The van der Waals surface area contributed by atoms with Gasteiger partial charge in [0.05, 0.1) is 18.8 Å². The van der Waals surface area contributed by atoms with E-state index in [1.807, 2.05) is 63.2 Å². The number of ether oxygens (including phenoxy) is 1. The molecule has 1 aliphatic heterocycles. The minimum atomic E-state index is -0.505. The average molecular weight is 426 g/mol. The lowest BCUT2D eigenvalue weighted by atomic mass is 10.1. The minimum absolute atomic E-state index is 0.0904. The number of anilines is 1. The number of para-hydroxylation sites is 1. The van der Waals surface area contributed by atoms with Gasteiger partial charge < -0.3 is 10.1 Å². The molecule has 1 aliphatic rings. The van der Waals surface area contributed by atoms with Gasteiger partial charge in [0.1, 0.15) is 5.25 Å². The number of hydrogen-bond donors (Lipinski definition) is 1. The number of amides is 2. The van der Waals surface area contributed by atoms with Crippen LogP contribution in [0.1, 0.15) is 23.1 Å². The van der Waals surface area contributed by atoms with Crippen molar-refractivity contribution < 1.29 is 14.3 Å². The molecule has 30 heavy (non-hydrogen) atoms. The van der Waals surface area contributed by atoms with E-state index >= 15 is 0 Å². The molecule has 0 saturated carbocycles. The maximum absolute atomic E-state index is 13.0. The lowest BCUT2D eigenvalue weighted by Crippen LogP contribution is -2.35. The topological polar surface area (TPSA) is 71.0 Å². The van der Waals surface area contributed by atoms with E-state index in [4.69, 9.17) is 9.73 Å². The Balaban J connectivity index is 1.78. The number of carbonyl (C=O) groups excluding carboxylic acids is 2. The summed E-state index contributed by atoms with van der Waals surface area (Å²) in [4.78, 5) is 32.0. The summed E-state index contributed by atoms with van der Waals surface area (Å²) in [5, 5.41) is 3.01. The van der Waals surface area contributed by atoms with Gasteiger partial charge in [-0.15, -0.1) is 0 Å². The zero-order valence-corrected chi connectivity index (χ0v) is 18.6. The van der Waals surface area contributed by atoms with Gasteiger partial charge in [-0.3, -0.25) is 14.5 Å². The van der Waals surface area contributed by atoms with E-state index in [9.17, 15) is 9.59 Å². The first-order valence-electron chi connectivity index (χ1n) is 9.87. The lowest BCUT2D eigenvalue weighted by molar-refractivity contribution is -0.128. The van der Waals surface area contributed by atoms with Crippen LogP contribution < -0.4 is 5.32 Å². The number of nitrogens with one attached hydrogen (secondary N) is 1. The van der Waals surface area contributed by atoms with Crippen LogP contribution in [0.2, 0.25) is 0 Å². The van der Waals surface area contributed by atoms with Crippen molar-refractivity contribution in [1.29, 1.82) is 0 Å². The van der Waals surface area contributed by atoms with Crippen molar-refractivity contribution in [3.63, 3.8) is 0 Å². The van der Waals surface area contributed by atoms with Crippen molar-refractivity contribution in [3.05, 3.63) is 59.2 Å². The minimum Gasteiger partial charge on any atom is -0.383 e. The monoisotopic (exact) mass is 425 g/mol. The number of rotatable bonds is 7. The van der Waals surface area contributed by atoms with Crippen molar-refractivity contribution in [1.82, 2.24) is 4.90 Å². The number of methoxy groups -OCH3 is 1. The maximum Gasteiger partial charge on any atom is 0.242 e. The van der Waals surface area contributed by atoms with Crippen LogP contribution in [0.15, 0.2) is 47.5 Å². The molecule has 0 bridgehead atoms. The highest BCUT2D eigenvalue weighted by molar-refractivity contribution is 8.15. The molecule has 2 aromatic rings. The van der Waals surface area contributed by atoms with Gasteiger partial charge in [-0.05, 0) is 49.6 Å². The van der Waals surface area contributed by atoms with E-state index in [0.717, 1.165) is 28.1 Å². The van der Waals surface area contributed by atoms with Crippen molar-refractivity contribution in [3.8, 4) is 0 Å². The summed E-state index contributed by atoms with van der Waals surface area (Å²) in [6, 6.07) is 13.6. The van der Waals surface area contributed by atoms with Crippen LogP contribution in [0.4, 0.5) is 11.4 Å². The van der Waals surface area contributed by atoms with E-state index in [0.29, 0.717) is 18.3 Å². The summed E-state index contributed by atoms with van der Waals surface area (Å²) in [5.74, 6) is -0.295. The SMILES string of the molecule is COCCN1C(=O)[C@@H](CC(=O)Nc2ccccc2C)SC1=Nc1cc(C)ccc1C. The third kappa shape index (κ3) is 5.29. The molecule has 0 radical (unpaired) electrons. The largest absolute Gasteiger partial charge is 0.383 e. The molecule has 6 nitrogen and oxygen atoms in total. The van der Waals surface area contributed by atoms with Gasteiger partial charge in [-0.2, -0.15) is 0 Å². The summed E-state index contributed by atoms with van der Waals surface area (Å²) >= 11 is 1.34. The molecule has 1 saturated heterocycles. The molecule has 0 spiro atoms. The van der Waals surface area contributed by atoms with Crippen LogP contribution in [-0.4, -0.2) is 47.4 Å². The second kappa shape index (κ2) is 9.91. The van der Waals surface area contributed by atoms with Gasteiger partial charge in [0, 0.05) is 19.2 Å². The molecule has 2 aromatic carbocycles. The number of aliphatic imine (C=N–C) groups is 1. The van der Waals surface area contributed by atoms with E-state index in [1.54, 1.807) is 12.0 Å². The Labute approximate surface area is 181 Å². The number of benzene rings is 2. The molecule has 0 aliphatic carbocycles. The molecule has 0 aromatic heterocycles. The molecule has 3 rings (SSSR count). The Morgan fingerprint density at radius 1 is 1.17 bits per heavy atom. The second-order valence-corrected chi connectivity index (χ2v) is 8.51. The standard InChI is InChI=1S/C23H27N3O3S/c1-15-9-10-17(3)19(13-15)25-23-26(11-12-29-4)22(28)20(30-23)14-21(27)24-18-8-6-5-7-16(18)2/h5-10,13,20H,11-12,14H2,1-4H3,(H,24,27)/t20-/m1/s1. The molecular formula is C23H27N3O3S. The van der Waals surface area contributed by atoms with Gasteiger partial charge in [-0.25, -0.2) is 4.99 Å².